The summed E-state index contributed by atoms with van der Waals surface area (Å²) in [5, 5.41) is 21.2. The average Bonchev–Trinajstić information content (AvgIpc) is 3.30. The molecule has 0 fully saturated rings. The number of thiophene rings is 1. The van der Waals surface area contributed by atoms with E-state index in [1.54, 1.807) is 42.7 Å². The number of furan rings is 1. The minimum Gasteiger partial charge on any atom is -0.455 e. The highest BCUT2D eigenvalue weighted by Gasteiger charge is 2.20. The Balaban J connectivity index is 1.59. The lowest BCUT2D eigenvalue weighted by Crippen LogP contribution is -1.99. The monoisotopic (exact) mass is 391 g/mol. The van der Waals surface area contributed by atoms with Crippen LogP contribution in [0.2, 0.25) is 0 Å². The quantitative estimate of drug-likeness (QED) is 0.323. The summed E-state index contributed by atoms with van der Waals surface area (Å²) in [4.78, 5) is 16.3. The molecule has 1 aliphatic carbocycles. The molecule has 0 bridgehead atoms. The molecular weight excluding hydrogens is 374 g/mol. The zero-order valence-electron chi connectivity index (χ0n) is 15.3. The SMILES string of the molecule is Cc1cc(-c2ccc(C=Nc3sc4c(c3C#N)CCCC4)o2)ccc1[N+](=O)[O-]. The van der Waals surface area contributed by atoms with Crippen LogP contribution in [0.25, 0.3) is 11.3 Å². The van der Waals surface area contributed by atoms with Gasteiger partial charge in [-0.25, -0.2) is 4.99 Å². The van der Waals surface area contributed by atoms with Crippen LogP contribution < -0.4 is 0 Å². The van der Waals surface area contributed by atoms with Crippen LogP contribution in [0.15, 0.2) is 39.7 Å². The molecule has 2 heterocycles. The molecule has 0 unspecified atom stereocenters. The van der Waals surface area contributed by atoms with Gasteiger partial charge in [-0.1, -0.05) is 0 Å². The molecule has 2 aromatic heterocycles. The van der Waals surface area contributed by atoms with E-state index in [-0.39, 0.29) is 5.69 Å². The second-order valence-electron chi connectivity index (χ2n) is 6.72. The number of aryl methyl sites for hydroxylation is 2. The number of nitro benzene ring substituents is 1. The number of nitrogens with zero attached hydrogens (tertiary/aromatic N) is 3. The first-order valence-corrected chi connectivity index (χ1v) is 9.82. The number of benzene rings is 1. The van der Waals surface area contributed by atoms with Crippen LogP contribution in [0, 0.1) is 28.4 Å². The van der Waals surface area contributed by atoms with Crippen LogP contribution in [-0.4, -0.2) is 11.1 Å². The predicted molar refractivity (Wildman–Crippen MR) is 108 cm³/mol. The van der Waals surface area contributed by atoms with Crippen LogP contribution in [0.5, 0.6) is 0 Å². The summed E-state index contributed by atoms with van der Waals surface area (Å²) < 4.78 is 5.82. The maximum Gasteiger partial charge on any atom is 0.272 e. The van der Waals surface area contributed by atoms with Crippen molar-refractivity contribution >= 4 is 28.2 Å². The summed E-state index contributed by atoms with van der Waals surface area (Å²) in [6, 6.07) is 10.8. The summed E-state index contributed by atoms with van der Waals surface area (Å²) in [6.07, 6.45) is 5.89. The molecule has 7 heteroatoms. The Kier molecular flexibility index (Phi) is 4.80. The first kappa shape index (κ1) is 18.1. The maximum atomic E-state index is 11.0. The molecule has 0 aliphatic heterocycles. The molecule has 0 radical (unpaired) electrons. The van der Waals surface area contributed by atoms with Gasteiger partial charge in [-0.05, 0) is 62.4 Å². The first-order chi connectivity index (χ1) is 13.6. The second kappa shape index (κ2) is 7.41. The number of aliphatic imine (C=N–C) groups is 1. The number of hydrogen-bond acceptors (Lipinski definition) is 6. The van der Waals surface area contributed by atoms with E-state index in [2.05, 4.69) is 11.1 Å². The molecule has 3 aromatic rings. The maximum absolute atomic E-state index is 11.0. The largest absolute Gasteiger partial charge is 0.455 e. The fraction of sp³-hybridized carbons (Fsp3) is 0.238. The van der Waals surface area contributed by atoms with Gasteiger partial charge in [-0.15, -0.1) is 11.3 Å². The van der Waals surface area contributed by atoms with Crippen molar-refractivity contribution in [3.63, 3.8) is 0 Å². The highest BCUT2D eigenvalue weighted by molar-refractivity contribution is 7.16. The van der Waals surface area contributed by atoms with E-state index in [1.807, 2.05) is 6.07 Å². The molecule has 1 aromatic carbocycles. The van der Waals surface area contributed by atoms with Gasteiger partial charge in [0.1, 0.15) is 22.6 Å². The van der Waals surface area contributed by atoms with Crippen molar-refractivity contribution in [2.24, 2.45) is 4.99 Å². The third-order valence-electron chi connectivity index (χ3n) is 4.88. The molecule has 0 amide bonds. The van der Waals surface area contributed by atoms with Gasteiger partial charge in [0.2, 0.25) is 0 Å². The Hall–Kier alpha value is -3.24. The van der Waals surface area contributed by atoms with Crippen molar-refractivity contribution in [1.29, 1.82) is 5.26 Å². The number of nitro groups is 1. The summed E-state index contributed by atoms with van der Waals surface area (Å²) in [6.45, 7) is 1.70. The highest BCUT2D eigenvalue weighted by atomic mass is 32.1. The van der Waals surface area contributed by atoms with Crippen molar-refractivity contribution in [1.82, 2.24) is 0 Å². The Bertz CT molecular complexity index is 1130. The number of rotatable bonds is 4. The van der Waals surface area contributed by atoms with Gasteiger partial charge in [0, 0.05) is 22.1 Å². The second-order valence-corrected chi connectivity index (χ2v) is 7.81. The average molecular weight is 391 g/mol. The van der Waals surface area contributed by atoms with E-state index in [1.165, 1.54) is 10.9 Å². The smallest absolute Gasteiger partial charge is 0.272 e. The van der Waals surface area contributed by atoms with E-state index in [0.717, 1.165) is 41.8 Å². The standard InChI is InChI=1S/C21H17N3O3S/c1-13-10-14(6-8-18(13)24(25)26)19-9-7-15(27-19)12-23-21-17(11-22)16-4-2-3-5-20(16)28-21/h6-10,12H,2-5H2,1H3. The summed E-state index contributed by atoms with van der Waals surface area (Å²) in [5.41, 5.74) is 3.29. The molecule has 0 spiro atoms. The third-order valence-corrected chi connectivity index (χ3v) is 6.08. The lowest BCUT2D eigenvalue weighted by Gasteiger charge is -2.09. The number of nitriles is 1. The molecule has 0 N–H and O–H groups in total. The molecule has 0 saturated heterocycles. The minimum atomic E-state index is -0.396. The van der Waals surface area contributed by atoms with Crippen molar-refractivity contribution in [3.8, 4) is 17.4 Å². The van der Waals surface area contributed by atoms with Gasteiger partial charge >= 0.3 is 0 Å². The lowest BCUT2D eigenvalue weighted by molar-refractivity contribution is -0.385. The number of fused-ring (bicyclic) bond motifs is 1. The van der Waals surface area contributed by atoms with Crippen LogP contribution >= 0.6 is 11.3 Å². The molecule has 0 atom stereocenters. The Labute approximate surface area is 165 Å². The van der Waals surface area contributed by atoms with E-state index in [4.69, 9.17) is 4.42 Å². The van der Waals surface area contributed by atoms with Crippen molar-refractivity contribution in [3.05, 3.63) is 67.8 Å². The Morgan fingerprint density at radius 2 is 2.11 bits per heavy atom. The fourth-order valence-corrected chi connectivity index (χ4v) is 4.65. The van der Waals surface area contributed by atoms with E-state index < -0.39 is 4.92 Å². The van der Waals surface area contributed by atoms with Crippen LogP contribution in [-0.2, 0) is 12.8 Å². The van der Waals surface area contributed by atoms with Crippen molar-refractivity contribution < 1.29 is 9.34 Å². The molecule has 140 valence electrons. The van der Waals surface area contributed by atoms with Crippen LogP contribution in [0.1, 0.15) is 40.2 Å². The highest BCUT2D eigenvalue weighted by Crippen LogP contribution is 2.39. The van der Waals surface area contributed by atoms with Crippen LogP contribution in [0.3, 0.4) is 0 Å². The molecule has 4 rings (SSSR count). The van der Waals surface area contributed by atoms with Crippen LogP contribution in [0.4, 0.5) is 10.7 Å². The number of hydrogen-bond donors (Lipinski definition) is 0. The van der Waals surface area contributed by atoms with E-state index in [0.29, 0.717) is 22.6 Å². The van der Waals surface area contributed by atoms with Crippen molar-refractivity contribution in [2.45, 2.75) is 32.6 Å². The molecule has 0 saturated carbocycles. The van der Waals surface area contributed by atoms with E-state index in [9.17, 15) is 15.4 Å². The summed E-state index contributed by atoms with van der Waals surface area (Å²) >= 11 is 1.59. The van der Waals surface area contributed by atoms with Crippen molar-refractivity contribution in [2.75, 3.05) is 0 Å². The van der Waals surface area contributed by atoms with E-state index >= 15 is 0 Å². The van der Waals surface area contributed by atoms with Gasteiger partial charge in [0.15, 0.2) is 0 Å². The molecule has 1 aliphatic rings. The zero-order chi connectivity index (χ0) is 19.7. The molecule has 6 nitrogen and oxygen atoms in total. The third kappa shape index (κ3) is 3.35. The summed E-state index contributed by atoms with van der Waals surface area (Å²) in [5.74, 6) is 1.19. The first-order valence-electron chi connectivity index (χ1n) is 9.01. The predicted octanol–water partition coefficient (Wildman–Crippen LogP) is 5.73. The van der Waals surface area contributed by atoms with Gasteiger partial charge in [0.05, 0.1) is 16.7 Å². The van der Waals surface area contributed by atoms with Gasteiger partial charge in [-0.3, -0.25) is 10.1 Å². The van der Waals surface area contributed by atoms with Gasteiger partial charge in [-0.2, -0.15) is 5.26 Å². The van der Waals surface area contributed by atoms with Gasteiger partial charge < -0.3 is 4.42 Å². The topological polar surface area (TPSA) is 92.4 Å². The Morgan fingerprint density at radius 3 is 2.86 bits per heavy atom. The normalized spacial score (nSPS) is 13.4. The summed E-state index contributed by atoms with van der Waals surface area (Å²) in [7, 11) is 0. The zero-order valence-corrected chi connectivity index (χ0v) is 16.1. The van der Waals surface area contributed by atoms with Gasteiger partial charge in [0.25, 0.3) is 5.69 Å². The minimum absolute atomic E-state index is 0.0859. The molecular formula is C21H17N3O3S. The Morgan fingerprint density at radius 1 is 1.29 bits per heavy atom. The lowest BCUT2D eigenvalue weighted by atomic mass is 9.96. The fourth-order valence-electron chi connectivity index (χ4n) is 3.47. The molecule has 28 heavy (non-hydrogen) atoms.